The number of ether oxygens (including phenoxy) is 2. The fourth-order valence-corrected chi connectivity index (χ4v) is 1.73. The molecule has 0 aliphatic heterocycles. The molecule has 2 aromatic rings. The molecule has 0 radical (unpaired) electrons. The number of rotatable bonds is 6. The smallest absolute Gasteiger partial charge is 0.213 e. The molecule has 0 aliphatic rings. The number of ketones is 1. The van der Waals surface area contributed by atoms with Crippen LogP contribution < -0.4 is 9.47 Å². The molecule has 0 bridgehead atoms. The van der Waals surface area contributed by atoms with Crippen molar-refractivity contribution in [3.8, 4) is 11.6 Å². The Kier molecular flexibility index (Phi) is 4.71. The summed E-state index contributed by atoms with van der Waals surface area (Å²) in [5.41, 5.74) is 0.946. The zero-order valence-corrected chi connectivity index (χ0v) is 11.6. The van der Waals surface area contributed by atoms with Crippen molar-refractivity contribution in [2.45, 2.75) is 13.3 Å². The van der Waals surface area contributed by atoms with Crippen molar-refractivity contribution in [3.63, 3.8) is 0 Å². The van der Waals surface area contributed by atoms with Crippen LogP contribution in [0.5, 0.6) is 11.6 Å². The number of benzene rings is 1. The average molecular weight is 271 g/mol. The molecule has 4 heteroatoms. The number of pyridine rings is 1. The summed E-state index contributed by atoms with van der Waals surface area (Å²) in [6.07, 6.45) is 0.953. The molecule has 0 saturated carbocycles. The van der Waals surface area contributed by atoms with E-state index >= 15 is 0 Å². The molecule has 1 aromatic heterocycles. The molecule has 0 aliphatic carbocycles. The average Bonchev–Trinajstić information content (AvgIpc) is 2.52. The van der Waals surface area contributed by atoms with Gasteiger partial charge in [-0.1, -0.05) is 13.0 Å². The number of hydrogen-bond donors (Lipinski definition) is 0. The molecule has 0 spiro atoms. The molecule has 104 valence electrons. The lowest BCUT2D eigenvalue weighted by molar-refractivity contribution is 0.103. The topological polar surface area (TPSA) is 48.4 Å². The van der Waals surface area contributed by atoms with Crippen LogP contribution in [0.4, 0.5) is 0 Å². The zero-order chi connectivity index (χ0) is 14.4. The van der Waals surface area contributed by atoms with Crippen molar-refractivity contribution in [3.05, 3.63) is 53.7 Å². The fourth-order valence-electron chi connectivity index (χ4n) is 1.73. The summed E-state index contributed by atoms with van der Waals surface area (Å²) in [6, 6.07) is 12.2. The second-order valence-electron chi connectivity index (χ2n) is 4.27. The maximum absolute atomic E-state index is 12.3. The standard InChI is InChI=1S/C16H17NO3/c1-3-11-20-13-9-7-12(8-10-13)16(18)14-5-4-6-15(17-14)19-2/h4-10H,3,11H2,1-2H3. The highest BCUT2D eigenvalue weighted by Gasteiger charge is 2.11. The Morgan fingerprint density at radius 2 is 1.90 bits per heavy atom. The highest BCUT2D eigenvalue weighted by Crippen LogP contribution is 2.16. The van der Waals surface area contributed by atoms with E-state index in [-0.39, 0.29) is 5.78 Å². The fraction of sp³-hybridized carbons (Fsp3) is 0.250. The lowest BCUT2D eigenvalue weighted by Crippen LogP contribution is -2.05. The van der Waals surface area contributed by atoms with Crippen molar-refractivity contribution in [1.29, 1.82) is 0 Å². The number of methoxy groups -OCH3 is 1. The van der Waals surface area contributed by atoms with E-state index in [1.54, 1.807) is 42.5 Å². The predicted molar refractivity (Wildman–Crippen MR) is 76.4 cm³/mol. The summed E-state index contributed by atoms with van der Waals surface area (Å²) < 4.78 is 10.5. The highest BCUT2D eigenvalue weighted by atomic mass is 16.5. The summed E-state index contributed by atoms with van der Waals surface area (Å²) in [7, 11) is 1.52. The molecule has 2 rings (SSSR count). The molecule has 4 nitrogen and oxygen atoms in total. The van der Waals surface area contributed by atoms with Crippen LogP contribution in [0.25, 0.3) is 0 Å². The zero-order valence-electron chi connectivity index (χ0n) is 11.6. The molecule has 0 saturated heterocycles. The van der Waals surface area contributed by atoms with E-state index in [2.05, 4.69) is 4.98 Å². The van der Waals surface area contributed by atoms with E-state index < -0.39 is 0 Å². The Hall–Kier alpha value is -2.36. The van der Waals surface area contributed by atoms with E-state index in [1.807, 2.05) is 6.92 Å². The molecule has 0 N–H and O–H groups in total. The summed E-state index contributed by atoms with van der Waals surface area (Å²) in [5.74, 6) is 1.06. The van der Waals surface area contributed by atoms with Crippen molar-refractivity contribution < 1.29 is 14.3 Å². The number of aromatic nitrogens is 1. The monoisotopic (exact) mass is 271 g/mol. The van der Waals surface area contributed by atoms with E-state index in [0.717, 1.165) is 12.2 Å². The van der Waals surface area contributed by atoms with Gasteiger partial charge in [0.15, 0.2) is 0 Å². The molecule has 1 heterocycles. The molecular weight excluding hydrogens is 254 g/mol. The summed E-state index contributed by atoms with van der Waals surface area (Å²) >= 11 is 0. The molecular formula is C16H17NO3. The van der Waals surface area contributed by atoms with Gasteiger partial charge in [-0.2, -0.15) is 0 Å². The van der Waals surface area contributed by atoms with Crippen LogP contribution in [-0.2, 0) is 0 Å². The minimum atomic E-state index is -0.133. The first kappa shape index (κ1) is 14.1. The maximum Gasteiger partial charge on any atom is 0.213 e. The SMILES string of the molecule is CCCOc1ccc(C(=O)c2cccc(OC)n2)cc1. The van der Waals surface area contributed by atoms with Crippen LogP contribution in [0, 0.1) is 0 Å². The summed E-state index contributed by atoms with van der Waals surface area (Å²) in [4.78, 5) is 16.4. The van der Waals surface area contributed by atoms with Gasteiger partial charge in [-0.3, -0.25) is 4.79 Å². The van der Waals surface area contributed by atoms with E-state index in [1.165, 1.54) is 7.11 Å². The van der Waals surface area contributed by atoms with Gasteiger partial charge in [-0.05, 0) is 36.8 Å². The van der Waals surface area contributed by atoms with Crippen molar-refractivity contribution >= 4 is 5.78 Å². The first-order chi connectivity index (χ1) is 9.74. The summed E-state index contributed by atoms with van der Waals surface area (Å²) in [5, 5.41) is 0. The minimum Gasteiger partial charge on any atom is -0.494 e. The van der Waals surface area contributed by atoms with Gasteiger partial charge in [-0.15, -0.1) is 0 Å². The van der Waals surface area contributed by atoms with Gasteiger partial charge in [0.2, 0.25) is 11.7 Å². The van der Waals surface area contributed by atoms with Gasteiger partial charge in [0, 0.05) is 11.6 Å². The van der Waals surface area contributed by atoms with E-state index in [0.29, 0.717) is 23.7 Å². The largest absolute Gasteiger partial charge is 0.494 e. The second-order valence-corrected chi connectivity index (χ2v) is 4.27. The van der Waals surface area contributed by atoms with E-state index in [4.69, 9.17) is 9.47 Å². The number of carbonyl (C=O) groups excluding carboxylic acids is 1. The quantitative estimate of drug-likeness (QED) is 0.757. The third kappa shape index (κ3) is 3.35. The van der Waals surface area contributed by atoms with Crippen molar-refractivity contribution in [1.82, 2.24) is 4.98 Å². The second kappa shape index (κ2) is 6.70. The Labute approximate surface area is 118 Å². The molecule has 0 atom stereocenters. The normalized spacial score (nSPS) is 10.1. The van der Waals surface area contributed by atoms with E-state index in [9.17, 15) is 4.79 Å². The van der Waals surface area contributed by atoms with Crippen LogP contribution >= 0.6 is 0 Å². The van der Waals surface area contributed by atoms with Crippen LogP contribution in [0.15, 0.2) is 42.5 Å². The third-order valence-electron chi connectivity index (χ3n) is 2.75. The molecule has 20 heavy (non-hydrogen) atoms. The molecule has 0 fully saturated rings. The lowest BCUT2D eigenvalue weighted by Gasteiger charge is -2.06. The number of nitrogens with zero attached hydrogens (tertiary/aromatic N) is 1. The van der Waals surface area contributed by atoms with Gasteiger partial charge in [0.05, 0.1) is 13.7 Å². The van der Waals surface area contributed by atoms with Crippen molar-refractivity contribution in [2.24, 2.45) is 0 Å². The predicted octanol–water partition coefficient (Wildman–Crippen LogP) is 3.11. The third-order valence-corrected chi connectivity index (χ3v) is 2.75. The van der Waals surface area contributed by atoms with Crippen LogP contribution in [0.1, 0.15) is 29.4 Å². The van der Waals surface area contributed by atoms with Gasteiger partial charge in [0.1, 0.15) is 11.4 Å². The highest BCUT2D eigenvalue weighted by molar-refractivity contribution is 6.07. The van der Waals surface area contributed by atoms with Gasteiger partial charge < -0.3 is 9.47 Å². The van der Waals surface area contributed by atoms with Gasteiger partial charge >= 0.3 is 0 Å². The Balaban J connectivity index is 2.16. The number of carbonyl (C=O) groups is 1. The first-order valence-electron chi connectivity index (χ1n) is 6.53. The Bertz CT molecular complexity index is 579. The molecule has 1 aromatic carbocycles. The van der Waals surface area contributed by atoms with Crippen molar-refractivity contribution in [2.75, 3.05) is 13.7 Å². The van der Waals surface area contributed by atoms with Crippen LogP contribution in [0.2, 0.25) is 0 Å². The molecule has 0 unspecified atom stereocenters. The first-order valence-corrected chi connectivity index (χ1v) is 6.53. The Morgan fingerprint density at radius 1 is 1.15 bits per heavy atom. The molecule has 0 amide bonds. The van der Waals surface area contributed by atoms with Gasteiger partial charge in [0.25, 0.3) is 0 Å². The minimum absolute atomic E-state index is 0.133. The van der Waals surface area contributed by atoms with Gasteiger partial charge in [-0.25, -0.2) is 4.98 Å². The Morgan fingerprint density at radius 3 is 2.55 bits per heavy atom. The summed E-state index contributed by atoms with van der Waals surface area (Å²) in [6.45, 7) is 2.72. The van der Waals surface area contributed by atoms with Crippen LogP contribution in [0.3, 0.4) is 0 Å². The van der Waals surface area contributed by atoms with Crippen LogP contribution in [-0.4, -0.2) is 24.5 Å². The number of hydrogen-bond acceptors (Lipinski definition) is 4. The lowest BCUT2D eigenvalue weighted by atomic mass is 10.1. The maximum atomic E-state index is 12.3.